The van der Waals surface area contributed by atoms with Crippen molar-refractivity contribution in [3.63, 3.8) is 0 Å². The van der Waals surface area contributed by atoms with Crippen LogP contribution in [0, 0.1) is 0 Å². The van der Waals surface area contributed by atoms with Crippen molar-refractivity contribution >= 4 is 33.5 Å². The van der Waals surface area contributed by atoms with Gasteiger partial charge in [-0.05, 0) is 33.6 Å². The molecule has 0 aliphatic carbocycles. The molecule has 6 heteroatoms. The Kier molecular flexibility index (Phi) is 5.05. The minimum Gasteiger partial charge on any atom is -0.479 e. The Morgan fingerprint density at radius 1 is 1.56 bits per heavy atom. The average Bonchev–Trinajstić information content (AvgIpc) is 2.27. The molecule has 0 atom stereocenters. The van der Waals surface area contributed by atoms with Crippen molar-refractivity contribution in [1.29, 1.82) is 0 Å². The van der Waals surface area contributed by atoms with Crippen LogP contribution >= 0.6 is 27.5 Å². The van der Waals surface area contributed by atoms with Gasteiger partial charge in [0.1, 0.15) is 0 Å². The molecule has 88 valence electrons. The third kappa shape index (κ3) is 3.37. The fraction of sp³-hybridized carbons (Fsp3) is 0.300. The van der Waals surface area contributed by atoms with E-state index in [1.54, 1.807) is 12.1 Å². The Bertz CT molecular complexity index is 371. The number of halogens is 2. The van der Waals surface area contributed by atoms with Gasteiger partial charge in [-0.25, -0.2) is 4.79 Å². The van der Waals surface area contributed by atoms with Crippen LogP contribution in [0.1, 0.15) is 5.56 Å². The van der Waals surface area contributed by atoms with Gasteiger partial charge < -0.3 is 14.6 Å². The standard InChI is InChI=1S/C10H10BrClO4/c1-15-9(14)5-16-10-7(11)2-6(4-13)3-8(10)12/h2-3,13H,4-5H2,1H3. The highest BCUT2D eigenvalue weighted by molar-refractivity contribution is 9.10. The Labute approximate surface area is 106 Å². The van der Waals surface area contributed by atoms with Gasteiger partial charge in [-0.3, -0.25) is 0 Å². The van der Waals surface area contributed by atoms with Gasteiger partial charge in [-0.2, -0.15) is 0 Å². The third-order valence-electron chi connectivity index (χ3n) is 1.80. The van der Waals surface area contributed by atoms with E-state index in [2.05, 4.69) is 20.7 Å². The molecule has 0 heterocycles. The molecule has 0 bridgehead atoms. The summed E-state index contributed by atoms with van der Waals surface area (Å²) in [4.78, 5) is 10.9. The first kappa shape index (κ1) is 13.3. The molecule has 4 nitrogen and oxygen atoms in total. The molecule has 0 spiro atoms. The zero-order chi connectivity index (χ0) is 12.1. The largest absolute Gasteiger partial charge is 0.479 e. The summed E-state index contributed by atoms with van der Waals surface area (Å²) >= 11 is 9.16. The van der Waals surface area contributed by atoms with E-state index in [4.69, 9.17) is 21.4 Å². The summed E-state index contributed by atoms with van der Waals surface area (Å²) in [5.41, 5.74) is 0.655. The van der Waals surface area contributed by atoms with E-state index in [1.807, 2.05) is 0 Å². The number of carbonyl (C=O) groups excluding carboxylic acids is 1. The van der Waals surface area contributed by atoms with E-state index in [-0.39, 0.29) is 13.2 Å². The Morgan fingerprint density at radius 3 is 2.75 bits per heavy atom. The van der Waals surface area contributed by atoms with Gasteiger partial charge in [0.15, 0.2) is 12.4 Å². The molecule has 0 amide bonds. The molecule has 0 radical (unpaired) electrons. The molecule has 0 fully saturated rings. The SMILES string of the molecule is COC(=O)COc1c(Cl)cc(CO)cc1Br. The summed E-state index contributed by atoms with van der Waals surface area (Å²) in [5, 5.41) is 9.26. The van der Waals surface area contributed by atoms with Gasteiger partial charge in [-0.1, -0.05) is 11.6 Å². The summed E-state index contributed by atoms with van der Waals surface area (Å²) in [6.45, 7) is -0.330. The number of ether oxygens (including phenoxy) is 2. The fourth-order valence-corrected chi connectivity index (χ4v) is 2.06. The number of aliphatic hydroxyl groups is 1. The Morgan fingerprint density at radius 2 is 2.25 bits per heavy atom. The summed E-state index contributed by atoms with van der Waals surface area (Å²) < 4.78 is 10.2. The van der Waals surface area contributed by atoms with Crippen molar-refractivity contribution in [2.45, 2.75) is 6.61 Å². The smallest absolute Gasteiger partial charge is 0.343 e. The Balaban J connectivity index is 2.84. The first-order chi connectivity index (χ1) is 7.58. The highest BCUT2D eigenvalue weighted by atomic mass is 79.9. The number of hydrogen-bond acceptors (Lipinski definition) is 4. The minimum atomic E-state index is -0.491. The number of aliphatic hydroxyl groups excluding tert-OH is 1. The zero-order valence-electron chi connectivity index (χ0n) is 8.50. The molecule has 1 aromatic rings. The van der Waals surface area contributed by atoms with Crippen LogP contribution < -0.4 is 4.74 Å². The van der Waals surface area contributed by atoms with E-state index in [0.29, 0.717) is 20.8 Å². The van der Waals surface area contributed by atoms with Crippen LogP contribution in [0.2, 0.25) is 5.02 Å². The van der Waals surface area contributed by atoms with Crippen LogP contribution in [-0.2, 0) is 16.1 Å². The lowest BCUT2D eigenvalue weighted by molar-refractivity contribution is -0.142. The molecule has 0 saturated heterocycles. The maximum atomic E-state index is 10.9. The number of esters is 1. The van der Waals surface area contributed by atoms with Crippen LogP contribution in [0.5, 0.6) is 5.75 Å². The van der Waals surface area contributed by atoms with Gasteiger partial charge in [0.25, 0.3) is 0 Å². The highest BCUT2D eigenvalue weighted by Gasteiger charge is 2.11. The van der Waals surface area contributed by atoms with Crippen molar-refractivity contribution < 1.29 is 19.4 Å². The summed E-state index contributed by atoms with van der Waals surface area (Å²) in [6.07, 6.45) is 0. The van der Waals surface area contributed by atoms with Crippen molar-refractivity contribution in [2.75, 3.05) is 13.7 Å². The molecule has 1 aromatic carbocycles. The van der Waals surface area contributed by atoms with Crippen LogP contribution in [-0.4, -0.2) is 24.8 Å². The third-order valence-corrected chi connectivity index (χ3v) is 2.67. The zero-order valence-corrected chi connectivity index (χ0v) is 10.8. The maximum absolute atomic E-state index is 10.9. The second-order valence-electron chi connectivity index (χ2n) is 2.91. The second kappa shape index (κ2) is 6.08. The van der Waals surface area contributed by atoms with E-state index in [0.717, 1.165) is 0 Å². The number of rotatable bonds is 4. The van der Waals surface area contributed by atoms with Crippen molar-refractivity contribution in [1.82, 2.24) is 0 Å². The maximum Gasteiger partial charge on any atom is 0.343 e. The van der Waals surface area contributed by atoms with Gasteiger partial charge in [0, 0.05) is 0 Å². The summed E-state index contributed by atoms with van der Waals surface area (Å²) in [6, 6.07) is 3.23. The predicted octanol–water partition coefficient (Wildman–Crippen LogP) is 2.15. The van der Waals surface area contributed by atoms with Gasteiger partial charge >= 0.3 is 5.97 Å². The minimum absolute atomic E-state index is 0.115. The lowest BCUT2D eigenvalue weighted by Crippen LogP contribution is -2.13. The van der Waals surface area contributed by atoms with E-state index >= 15 is 0 Å². The topological polar surface area (TPSA) is 55.8 Å². The van der Waals surface area contributed by atoms with Crippen LogP contribution in [0.4, 0.5) is 0 Å². The molecular weight excluding hydrogens is 299 g/mol. The first-order valence-corrected chi connectivity index (χ1v) is 5.54. The monoisotopic (exact) mass is 308 g/mol. The van der Waals surface area contributed by atoms with Crippen LogP contribution in [0.3, 0.4) is 0 Å². The number of hydrogen-bond donors (Lipinski definition) is 1. The van der Waals surface area contributed by atoms with Crippen molar-refractivity contribution in [2.24, 2.45) is 0 Å². The van der Waals surface area contributed by atoms with Crippen LogP contribution in [0.15, 0.2) is 16.6 Å². The molecule has 1 N–H and O–H groups in total. The van der Waals surface area contributed by atoms with E-state index in [9.17, 15) is 4.79 Å². The van der Waals surface area contributed by atoms with Gasteiger partial charge in [-0.15, -0.1) is 0 Å². The van der Waals surface area contributed by atoms with Gasteiger partial charge in [0.2, 0.25) is 0 Å². The number of methoxy groups -OCH3 is 1. The first-order valence-electron chi connectivity index (χ1n) is 4.37. The summed E-state index contributed by atoms with van der Waals surface area (Å²) in [7, 11) is 1.28. The molecule has 0 saturated carbocycles. The molecule has 1 rings (SSSR count). The molecular formula is C10H10BrClO4. The molecule has 0 aliphatic rings. The van der Waals surface area contributed by atoms with Crippen molar-refractivity contribution in [3.8, 4) is 5.75 Å². The molecule has 0 aliphatic heterocycles. The lowest BCUT2D eigenvalue weighted by Gasteiger charge is -2.10. The van der Waals surface area contributed by atoms with E-state index < -0.39 is 5.97 Å². The molecule has 0 unspecified atom stereocenters. The lowest BCUT2D eigenvalue weighted by atomic mass is 10.2. The van der Waals surface area contributed by atoms with E-state index in [1.165, 1.54) is 7.11 Å². The molecule has 0 aromatic heterocycles. The average molecular weight is 310 g/mol. The molecule has 16 heavy (non-hydrogen) atoms. The Hall–Kier alpha value is -0.780. The second-order valence-corrected chi connectivity index (χ2v) is 4.17. The van der Waals surface area contributed by atoms with Crippen molar-refractivity contribution in [3.05, 3.63) is 27.2 Å². The normalized spacial score (nSPS) is 10.0. The highest BCUT2D eigenvalue weighted by Crippen LogP contribution is 2.34. The number of benzene rings is 1. The fourth-order valence-electron chi connectivity index (χ4n) is 1.03. The number of carbonyl (C=O) groups is 1. The predicted molar refractivity (Wildman–Crippen MR) is 62.6 cm³/mol. The quantitative estimate of drug-likeness (QED) is 0.866. The van der Waals surface area contributed by atoms with Crippen LogP contribution in [0.25, 0.3) is 0 Å². The van der Waals surface area contributed by atoms with Gasteiger partial charge in [0.05, 0.1) is 23.2 Å². The summed E-state index contributed by atoms with van der Waals surface area (Å²) in [5.74, 6) is -0.140.